The molecule has 2 N–H and O–H groups in total. The van der Waals surface area contributed by atoms with Crippen molar-refractivity contribution in [3.05, 3.63) is 144 Å². The van der Waals surface area contributed by atoms with E-state index in [-0.39, 0.29) is 11.5 Å². The highest BCUT2D eigenvalue weighted by Gasteiger charge is 2.41. The average molecular weight is 423 g/mol. The van der Waals surface area contributed by atoms with Gasteiger partial charge >= 0.3 is 0 Å². The Morgan fingerprint density at radius 2 is 0.742 bits per heavy atom. The fourth-order valence-electron chi connectivity index (χ4n) is 3.59. The first-order valence-corrected chi connectivity index (χ1v) is 12.1. The molecule has 4 aromatic carbocycles. The highest BCUT2D eigenvalue weighted by atomic mass is 31.2. The lowest BCUT2D eigenvalue weighted by atomic mass is 10.2. The molecule has 0 saturated heterocycles. The molecule has 4 aromatic rings. The molecule has 0 bridgehead atoms. The second-order valence-electron chi connectivity index (χ2n) is 7.21. The van der Waals surface area contributed by atoms with Crippen molar-refractivity contribution < 1.29 is 10.2 Å². The molecule has 3 heteroatoms. The monoisotopic (exact) mass is 423 g/mol. The smallest absolute Gasteiger partial charge is 0.158 e. The maximum atomic E-state index is 11.1. The lowest BCUT2D eigenvalue weighted by molar-refractivity contribution is 0.512. The van der Waals surface area contributed by atoms with Gasteiger partial charge in [0.15, 0.2) is 11.5 Å². The molecule has 0 spiro atoms. The Morgan fingerprint density at radius 3 is 1.06 bits per heavy atom. The molecule has 0 radical (unpaired) electrons. The normalized spacial score (nSPS) is 12.5. The van der Waals surface area contributed by atoms with Crippen LogP contribution in [0.2, 0.25) is 0 Å². The van der Waals surface area contributed by atoms with E-state index in [1.165, 1.54) is 0 Å². The minimum absolute atomic E-state index is 0.193. The van der Waals surface area contributed by atoms with Crippen molar-refractivity contribution >= 4 is 29.4 Å². The van der Waals surface area contributed by atoms with Crippen molar-refractivity contribution in [2.45, 2.75) is 0 Å². The van der Waals surface area contributed by atoms with Gasteiger partial charge in [0.05, 0.1) is 0 Å². The van der Waals surface area contributed by atoms with Gasteiger partial charge in [0.2, 0.25) is 0 Å². The van der Waals surface area contributed by atoms with Crippen LogP contribution in [0.5, 0.6) is 0 Å². The molecule has 0 heterocycles. The topological polar surface area (TPSA) is 40.5 Å². The molecular weight excluding hydrogens is 399 g/mol. The molecule has 0 aliphatic carbocycles. The molecule has 0 aromatic heterocycles. The number of hydrogen-bond acceptors (Lipinski definition) is 2. The maximum absolute atomic E-state index is 11.1. The van der Waals surface area contributed by atoms with E-state index in [4.69, 9.17) is 0 Å². The van der Waals surface area contributed by atoms with Crippen LogP contribution in [0.4, 0.5) is 0 Å². The molecule has 0 saturated carbocycles. The van der Waals surface area contributed by atoms with Crippen molar-refractivity contribution in [3.8, 4) is 0 Å². The standard InChI is InChI=1S/C28H23O2P/c29-27(23-13-5-1-6-14-23)21-31(25-17-9-3-10-18-25,26-19-11-4-12-20-26)22-28(30)24-15-7-2-8-16-24/h1-22H,(H-,29,30)/p+1/b27-21-,28-22-. The zero-order valence-electron chi connectivity index (χ0n) is 17.0. The van der Waals surface area contributed by atoms with Gasteiger partial charge in [-0.25, -0.2) is 0 Å². The lowest BCUT2D eigenvalue weighted by Crippen LogP contribution is -2.19. The Hall–Kier alpha value is -3.61. The predicted molar refractivity (Wildman–Crippen MR) is 133 cm³/mol. The molecule has 0 aliphatic heterocycles. The number of aliphatic hydroxyl groups is 2. The summed E-state index contributed by atoms with van der Waals surface area (Å²) < 4.78 is 0. The van der Waals surface area contributed by atoms with Gasteiger partial charge in [-0.1, -0.05) is 97.1 Å². The fourth-order valence-corrected chi connectivity index (χ4v) is 6.96. The Morgan fingerprint density at radius 1 is 0.452 bits per heavy atom. The van der Waals surface area contributed by atoms with Gasteiger partial charge in [-0.3, -0.25) is 0 Å². The molecule has 0 atom stereocenters. The Bertz CT molecular complexity index is 1070. The van der Waals surface area contributed by atoms with Crippen LogP contribution >= 0.6 is 7.26 Å². The largest absolute Gasteiger partial charge is 0.504 e. The van der Waals surface area contributed by atoms with Crippen LogP contribution in [0.1, 0.15) is 11.1 Å². The third kappa shape index (κ3) is 4.60. The molecule has 0 aliphatic rings. The van der Waals surface area contributed by atoms with Crippen molar-refractivity contribution in [1.82, 2.24) is 0 Å². The SMILES string of the molecule is O/C(=C\[P+](/C=C(\O)c1ccccc1)(c1ccccc1)c1ccccc1)c1ccccc1. The molecule has 2 nitrogen and oxygen atoms in total. The zero-order chi connectivity index (χ0) is 21.5. The Kier molecular flexibility index (Phi) is 6.31. The lowest BCUT2D eigenvalue weighted by Gasteiger charge is -2.21. The van der Waals surface area contributed by atoms with Gasteiger partial charge in [0.1, 0.15) is 29.5 Å². The van der Waals surface area contributed by atoms with E-state index in [0.717, 1.165) is 21.7 Å². The first-order valence-electron chi connectivity index (χ1n) is 10.1. The van der Waals surface area contributed by atoms with Gasteiger partial charge in [-0.15, -0.1) is 0 Å². The average Bonchev–Trinajstić information content (AvgIpc) is 2.85. The Labute approximate surface area is 183 Å². The van der Waals surface area contributed by atoms with Crippen molar-refractivity contribution in [2.24, 2.45) is 0 Å². The van der Waals surface area contributed by atoms with Crippen molar-refractivity contribution in [3.63, 3.8) is 0 Å². The van der Waals surface area contributed by atoms with E-state index in [2.05, 4.69) is 24.3 Å². The summed E-state index contributed by atoms with van der Waals surface area (Å²) in [6.07, 6.45) is 0. The summed E-state index contributed by atoms with van der Waals surface area (Å²) in [6.45, 7) is 0. The summed E-state index contributed by atoms with van der Waals surface area (Å²) in [5, 5.41) is 24.4. The van der Waals surface area contributed by atoms with Gasteiger partial charge in [-0.2, -0.15) is 0 Å². The van der Waals surface area contributed by atoms with E-state index in [9.17, 15) is 10.2 Å². The fraction of sp³-hybridized carbons (Fsp3) is 0. The predicted octanol–water partition coefficient (Wildman–Crippen LogP) is 6.77. The minimum atomic E-state index is -2.47. The second-order valence-corrected chi connectivity index (χ2v) is 10.3. The van der Waals surface area contributed by atoms with Crippen LogP contribution in [0.15, 0.2) is 133 Å². The molecule has 0 unspecified atom stereocenters. The molecule has 4 rings (SSSR count). The summed E-state index contributed by atoms with van der Waals surface area (Å²) in [7, 11) is -2.47. The van der Waals surface area contributed by atoms with E-state index in [0.29, 0.717) is 0 Å². The van der Waals surface area contributed by atoms with E-state index in [1.807, 2.05) is 109 Å². The number of benzene rings is 4. The number of rotatable bonds is 6. The molecular formula is C28H24O2P+. The number of aliphatic hydroxyl groups excluding tert-OH is 2. The summed E-state index contributed by atoms with van der Waals surface area (Å²) in [4.78, 5) is 0. The van der Waals surface area contributed by atoms with Gasteiger partial charge in [0.25, 0.3) is 0 Å². The van der Waals surface area contributed by atoms with Crippen LogP contribution in [0.25, 0.3) is 11.5 Å². The molecule has 152 valence electrons. The van der Waals surface area contributed by atoms with Crippen LogP contribution < -0.4 is 10.6 Å². The van der Waals surface area contributed by atoms with Crippen molar-refractivity contribution in [2.75, 3.05) is 0 Å². The highest BCUT2D eigenvalue weighted by molar-refractivity contribution is 7.94. The van der Waals surface area contributed by atoms with Crippen LogP contribution in [-0.4, -0.2) is 10.2 Å². The summed E-state index contributed by atoms with van der Waals surface area (Å²) >= 11 is 0. The molecule has 31 heavy (non-hydrogen) atoms. The molecule has 0 fully saturated rings. The van der Waals surface area contributed by atoms with Crippen molar-refractivity contribution in [1.29, 1.82) is 0 Å². The van der Waals surface area contributed by atoms with E-state index < -0.39 is 7.26 Å². The van der Waals surface area contributed by atoms with Gasteiger partial charge in [0, 0.05) is 11.1 Å². The third-order valence-corrected chi connectivity index (χ3v) is 8.77. The van der Waals surface area contributed by atoms with Gasteiger partial charge < -0.3 is 10.2 Å². The van der Waals surface area contributed by atoms with Crippen LogP contribution in [0, 0.1) is 0 Å². The van der Waals surface area contributed by atoms with Crippen LogP contribution in [0.3, 0.4) is 0 Å². The van der Waals surface area contributed by atoms with Gasteiger partial charge in [-0.05, 0) is 24.3 Å². The van der Waals surface area contributed by atoms with Crippen LogP contribution in [-0.2, 0) is 0 Å². The van der Waals surface area contributed by atoms with E-state index in [1.54, 1.807) is 0 Å². The first kappa shape index (κ1) is 20.7. The Balaban J connectivity index is 2.00. The maximum Gasteiger partial charge on any atom is 0.158 e. The quantitative estimate of drug-likeness (QED) is 0.265. The summed E-state index contributed by atoms with van der Waals surface area (Å²) in [6, 6.07) is 39.2. The summed E-state index contributed by atoms with van der Waals surface area (Å²) in [5.74, 6) is 4.23. The minimum Gasteiger partial charge on any atom is -0.504 e. The zero-order valence-corrected chi connectivity index (χ0v) is 17.9. The third-order valence-electron chi connectivity index (χ3n) is 5.16. The second kappa shape index (κ2) is 9.47. The van der Waals surface area contributed by atoms with E-state index >= 15 is 0 Å². The summed E-state index contributed by atoms with van der Waals surface area (Å²) in [5.41, 5.74) is 1.48. The molecule has 0 amide bonds. The highest BCUT2D eigenvalue weighted by Crippen LogP contribution is 2.61. The first-order chi connectivity index (χ1) is 15.2. The number of hydrogen-bond donors (Lipinski definition) is 2.